The lowest BCUT2D eigenvalue weighted by Crippen LogP contribution is -2.60. The highest BCUT2D eigenvalue weighted by atomic mass is 35.5. The molecule has 1 unspecified atom stereocenters. The van der Waals surface area contributed by atoms with E-state index in [1.165, 1.54) is 11.0 Å². The van der Waals surface area contributed by atoms with Crippen molar-refractivity contribution >= 4 is 58.1 Å². The number of halogens is 5. The first-order chi connectivity index (χ1) is 16.8. The van der Waals surface area contributed by atoms with Gasteiger partial charge >= 0.3 is 12.1 Å². The first kappa shape index (κ1) is 29.1. The van der Waals surface area contributed by atoms with Gasteiger partial charge in [0.1, 0.15) is 10.8 Å². The first-order valence-corrected chi connectivity index (χ1v) is 11.6. The van der Waals surface area contributed by atoms with E-state index in [9.17, 15) is 27.9 Å². The highest BCUT2D eigenvalue weighted by Gasteiger charge is 2.31. The van der Waals surface area contributed by atoms with Crippen LogP contribution in [0.25, 0.3) is 10.4 Å². The molecule has 0 saturated heterocycles. The molecule has 1 aromatic heterocycles. The van der Waals surface area contributed by atoms with E-state index in [4.69, 9.17) is 33.1 Å². The number of carbonyl (C=O) groups excluding carboxylic acids is 2. The van der Waals surface area contributed by atoms with Gasteiger partial charge in [0.05, 0.1) is 28.9 Å². The van der Waals surface area contributed by atoms with Gasteiger partial charge in [-0.2, -0.15) is 13.2 Å². The molecule has 0 radical (unpaired) electrons. The number of aromatic carboxylic acids is 1. The lowest BCUT2D eigenvalue weighted by atomic mass is 10.1. The second-order valence-electron chi connectivity index (χ2n) is 7.22. The third-order valence-electron chi connectivity index (χ3n) is 4.69. The van der Waals surface area contributed by atoms with Crippen molar-refractivity contribution in [3.05, 3.63) is 75.1 Å². The van der Waals surface area contributed by atoms with Crippen molar-refractivity contribution in [2.24, 2.45) is 0 Å². The van der Waals surface area contributed by atoms with Gasteiger partial charge in [-0.3, -0.25) is 9.69 Å². The zero-order valence-electron chi connectivity index (χ0n) is 18.5. The molecule has 1 atom stereocenters. The van der Waals surface area contributed by atoms with Crippen LogP contribution >= 0.6 is 34.5 Å². The number of aliphatic carboxylic acids is 1. The number of rotatable bonds is 6. The minimum atomic E-state index is -5.19. The number of nitrogens with zero attached hydrogens (tertiary/aromatic N) is 1. The predicted molar refractivity (Wildman–Crippen MR) is 128 cm³/mol. The Morgan fingerprint density at radius 3 is 2.17 bits per heavy atom. The summed E-state index contributed by atoms with van der Waals surface area (Å²) in [6.07, 6.45) is -5.19. The van der Waals surface area contributed by atoms with Gasteiger partial charge in [0.15, 0.2) is 0 Å². The Labute approximate surface area is 217 Å². The maximum atomic E-state index is 13.4. The fraction of sp³-hybridized carbons (Fsp3) is 0.174. The van der Waals surface area contributed by atoms with E-state index >= 15 is 0 Å². The fourth-order valence-electron chi connectivity index (χ4n) is 2.93. The average molecular weight is 563 g/mol. The van der Waals surface area contributed by atoms with Crippen LogP contribution in [0.2, 0.25) is 10.0 Å². The Kier molecular flexibility index (Phi) is 9.88. The van der Waals surface area contributed by atoms with Crippen LogP contribution in [0.4, 0.5) is 18.9 Å². The van der Waals surface area contributed by atoms with E-state index in [-0.39, 0.29) is 21.5 Å². The van der Waals surface area contributed by atoms with E-state index in [0.29, 0.717) is 17.3 Å². The Bertz CT molecular complexity index is 1250. The Morgan fingerprint density at radius 1 is 1.11 bits per heavy atom. The molecule has 0 spiro atoms. The SMILES string of the molecule is CC(C[NH3+])N(C(=O)c1ccc(Cl)cc1Cl)c1cc(-c2ccccc2)sc1C(=O)O.O=C([O-])C(F)(F)F. The van der Waals surface area contributed by atoms with E-state index in [0.717, 1.165) is 21.8 Å². The van der Waals surface area contributed by atoms with Crippen molar-refractivity contribution in [2.75, 3.05) is 11.4 Å². The Balaban J connectivity index is 0.000000572. The highest BCUT2D eigenvalue weighted by Crippen LogP contribution is 2.38. The number of carboxylic acids is 2. The predicted octanol–water partition coefficient (Wildman–Crippen LogP) is 4.00. The number of anilines is 1. The van der Waals surface area contributed by atoms with Gasteiger partial charge in [-0.15, -0.1) is 11.3 Å². The standard InChI is InChI=1S/C21H18Cl2N2O3S.C2HF3O2/c1-12(11-24)25(20(26)15-8-7-14(22)9-16(15)23)17-10-18(29-19(17)21(27)28)13-5-3-2-4-6-13;3-2(4,5)1(6)7/h2-10,12H,11,24H2,1H3,(H,27,28);(H,6,7). The molecule has 0 aliphatic heterocycles. The number of carboxylic acid groups (broad SMARTS) is 2. The highest BCUT2D eigenvalue weighted by molar-refractivity contribution is 7.18. The molecule has 36 heavy (non-hydrogen) atoms. The summed E-state index contributed by atoms with van der Waals surface area (Å²) in [5, 5.41) is 19.2. The van der Waals surface area contributed by atoms with Crippen LogP contribution in [0.3, 0.4) is 0 Å². The molecule has 3 aromatic rings. The molecule has 0 aliphatic rings. The van der Waals surface area contributed by atoms with E-state index in [1.54, 1.807) is 18.2 Å². The maximum Gasteiger partial charge on any atom is 0.430 e. The van der Waals surface area contributed by atoms with Crippen LogP contribution in [-0.4, -0.2) is 41.7 Å². The van der Waals surface area contributed by atoms with Crippen molar-refractivity contribution in [3.63, 3.8) is 0 Å². The van der Waals surface area contributed by atoms with Crippen molar-refractivity contribution in [1.29, 1.82) is 0 Å². The molecule has 1 amide bonds. The molecule has 3 rings (SSSR count). The molecule has 0 saturated carbocycles. The van der Waals surface area contributed by atoms with Crippen LogP contribution in [0, 0.1) is 0 Å². The van der Waals surface area contributed by atoms with Crippen molar-refractivity contribution in [2.45, 2.75) is 19.1 Å². The molecule has 0 aliphatic carbocycles. The zero-order valence-corrected chi connectivity index (χ0v) is 20.8. The summed E-state index contributed by atoms with van der Waals surface area (Å²) < 4.78 is 31.5. The quantitative estimate of drug-likeness (QED) is 0.469. The summed E-state index contributed by atoms with van der Waals surface area (Å²) in [6.45, 7) is 2.22. The van der Waals surface area contributed by atoms with Crippen LogP contribution in [0.15, 0.2) is 54.6 Å². The molecule has 4 N–H and O–H groups in total. The third kappa shape index (κ3) is 7.20. The molecule has 0 bridgehead atoms. The monoisotopic (exact) mass is 562 g/mol. The maximum absolute atomic E-state index is 13.4. The fourth-order valence-corrected chi connectivity index (χ4v) is 4.41. The summed E-state index contributed by atoms with van der Waals surface area (Å²) in [6, 6.07) is 15.4. The van der Waals surface area contributed by atoms with Gasteiger partial charge in [-0.1, -0.05) is 53.5 Å². The van der Waals surface area contributed by atoms with E-state index in [2.05, 4.69) is 5.73 Å². The summed E-state index contributed by atoms with van der Waals surface area (Å²) in [5.41, 5.74) is 5.35. The summed E-state index contributed by atoms with van der Waals surface area (Å²) in [4.78, 5) is 36.4. The molecule has 192 valence electrons. The number of hydrogen-bond acceptors (Lipinski definition) is 5. The molecule has 2 aromatic carbocycles. The second kappa shape index (κ2) is 12.2. The number of hydrogen-bond donors (Lipinski definition) is 2. The van der Waals surface area contributed by atoms with Crippen LogP contribution in [0.1, 0.15) is 27.0 Å². The van der Waals surface area contributed by atoms with Gasteiger partial charge in [-0.25, -0.2) is 4.79 Å². The van der Waals surface area contributed by atoms with Crippen molar-refractivity contribution < 1.29 is 43.5 Å². The topological polar surface area (TPSA) is 125 Å². The van der Waals surface area contributed by atoms with Gasteiger partial charge in [0, 0.05) is 9.90 Å². The number of alkyl halides is 3. The first-order valence-electron chi connectivity index (χ1n) is 10.1. The van der Waals surface area contributed by atoms with E-state index < -0.39 is 24.0 Å². The summed E-state index contributed by atoms with van der Waals surface area (Å²) >= 11 is 13.3. The minimum absolute atomic E-state index is 0.0857. The van der Waals surface area contributed by atoms with Gasteiger partial charge in [-0.05, 0) is 36.8 Å². The number of thiophene rings is 1. The number of benzene rings is 2. The number of amides is 1. The second-order valence-corrected chi connectivity index (χ2v) is 9.11. The van der Waals surface area contributed by atoms with Crippen molar-refractivity contribution in [3.8, 4) is 10.4 Å². The molecular formula is C23H19Cl2F3N2O5S. The summed E-state index contributed by atoms with van der Waals surface area (Å²) in [7, 11) is 0. The lowest BCUT2D eigenvalue weighted by molar-refractivity contribution is -0.370. The number of quaternary nitrogens is 1. The van der Waals surface area contributed by atoms with Gasteiger partial charge < -0.3 is 20.7 Å². The normalized spacial score (nSPS) is 11.8. The average Bonchev–Trinajstić information content (AvgIpc) is 3.24. The largest absolute Gasteiger partial charge is 0.542 e. The minimum Gasteiger partial charge on any atom is -0.542 e. The Morgan fingerprint density at radius 2 is 1.69 bits per heavy atom. The zero-order chi connectivity index (χ0) is 27.2. The molecule has 0 fully saturated rings. The van der Waals surface area contributed by atoms with Gasteiger partial charge in [0.25, 0.3) is 5.91 Å². The smallest absolute Gasteiger partial charge is 0.430 e. The number of carbonyl (C=O) groups is 3. The molecule has 7 nitrogen and oxygen atoms in total. The van der Waals surface area contributed by atoms with Crippen LogP contribution in [-0.2, 0) is 4.79 Å². The molecular weight excluding hydrogens is 544 g/mol. The molecule has 13 heteroatoms. The molecule has 1 heterocycles. The third-order valence-corrected chi connectivity index (χ3v) is 6.40. The van der Waals surface area contributed by atoms with Crippen LogP contribution < -0.4 is 15.7 Å². The van der Waals surface area contributed by atoms with E-state index in [1.807, 2.05) is 37.3 Å². The van der Waals surface area contributed by atoms with Crippen LogP contribution in [0.5, 0.6) is 0 Å². The summed E-state index contributed by atoms with van der Waals surface area (Å²) in [5.74, 6) is -4.50. The van der Waals surface area contributed by atoms with Crippen molar-refractivity contribution in [1.82, 2.24) is 0 Å². The lowest BCUT2D eigenvalue weighted by Gasteiger charge is -2.27. The van der Waals surface area contributed by atoms with Gasteiger partial charge in [0.2, 0.25) is 0 Å². The Hall–Kier alpha value is -3.12.